The second kappa shape index (κ2) is 5.91. The molecule has 0 aliphatic carbocycles. The molecule has 2 rings (SSSR count). The highest BCUT2D eigenvalue weighted by Gasteiger charge is 2.11. The molecule has 8 heteroatoms. The third-order valence-corrected chi connectivity index (χ3v) is 3.08. The number of nitrogens with zero attached hydrogens (tertiary/aromatic N) is 2. The molecule has 0 atom stereocenters. The minimum Gasteiger partial charge on any atom is -0.334 e. The molecule has 2 aromatic heterocycles. The highest BCUT2D eigenvalue weighted by atomic mass is 32.1. The molecule has 2 heterocycles. The predicted molar refractivity (Wildman–Crippen MR) is 71.1 cm³/mol. The van der Waals surface area contributed by atoms with Gasteiger partial charge in [0.05, 0.1) is 16.7 Å². The predicted octanol–water partition coefficient (Wildman–Crippen LogP) is 2.37. The van der Waals surface area contributed by atoms with Crippen molar-refractivity contribution in [1.29, 1.82) is 0 Å². The number of thiophene rings is 1. The van der Waals surface area contributed by atoms with Crippen LogP contribution in [0, 0.1) is 10.1 Å². The number of aromatic nitrogens is 1. The normalized spacial score (nSPS) is 9.89. The molecule has 2 aromatic rings. The van der Waals surface area contributed by atoms with E-state index in [-0.39, 0.29) is 5.00 Å². The monoisotopic (exact) mass is 278 g/mol. The minimum atomic E-state index is -0.497. The van der Waals surface area contributed by atoms with E-state index in [4.69, 9.17) is 0 Å². The molecule has 0 fully saturated rings. The smallest absolute Gasteiger partial charge is 0.326 e. The first kappa shape index (κ1) is 13.0. The number of carbonyl (C=O) groups excluding carboxylic acids is 1. The van der Waals surface area contributed by atoms with Crippen LogP contribution in [-0.4, -0.2) is 15.9 Å². The summed E-state index contributed by atoms with van der Waals surface area (Å²) in [5.41, 5.74) is 1.27. The maximum Gasteiger partial charge on any atom is 0.326 e. The fraction of sp³-hybridized carbons (Fsp3) is 0.0909. The van der Waals surface area contributed by atoms with Gasteiger partial charge in [-0.25, -0.2) is 4.79 Å². The van der Waals surface area contributed by atoms with Crippen molar-refractivity contribution in [2.24, 2.45) is 0 Å². The van der Waals surface area contributed by atoms with E-state index in [0.717, 1.165) is 16.9 Å². The van der Waals surface area contributed by atoms with Gasteiger partial charge >= 0.3 is 11.0 Å². The number of pyridine rings is 1. The van der Waals surface area contributed by atoms with Crippen LogP contribution in [0.4, 0.5) is 15.5 Å². The third kappa shape index (κ3) is 3.75. The molecule has 0 aliphatic rings. The average Bonchev–Trinajstić information content (AvgIpc) is 2.86. The summed E-state index contributed by atoms with van der Waals surface area (Å²) >= 11 is 0.963. The van der Waals surface area contributed by atoms with Crippen LogP contribution in [-0.2, 0) is 6.54 Å². The molecular formula is C11H10N4O3S. The SMILES string of the molecule is O=C(NCc1cccnc1)Nc1csc([N+](=O)[O-])c1. The van der Waals surface area contributed by atoms with Crippen molar-refractivity contribution in [2.75, 3.05) is 5.32 Å². The molecule has 2 amide bonds. The van der Waals surface area contributed by atoms with Crippen molar-refractivity contribution < 1.29 is 9.72 Å². The van der Waals surface area contributed by atoms with Crippen LogP contribution in [0.3, 0.4) is 0 Å². The Kier molecular flexibility index (Phi) is 4.04. The lowest BCUT2D eigenvalue weighted by atomic mass is 10.3. The summed E-state index contributed by atoms with van der Waals surface area (Å²) < 4.78 is 0. The Morgan fingerprint density at radius 2 is 2.37 bits per heavy atom. The summed E-state index contributed by atoms with van der Waals surface area (Å²) in [5, 5.41) is 17.1. The molecule has 0 bridgehead atoms. The van der Waals surface area contributed by atoms with Crippen LogP contribution in [0.15, 0.2) is 36.0 Å². The van der Waals surface area contributed by atoms with Crippen molar-refractivity contribution in [1.82, 2.24) is 10.3 Å². The van der Waals surface area contributed by atoms with Gasteiger partial charge in [-0.05, 0) is 11.6 Å². The molecule has 2 N–H and O–H groups in total. The van der Waals surface area contributed by atoms with E-state index in [9.17, 15) is 14.9 Å². The number of urea groups is 1. The van der Waals surface area contributed by atoms with Crippen molar-refractivity contribution >= 4 is 28.1 Å². The molecule has 0 aliphatic heterocycles. The lowest BCUT2D eigenvalue weighted by molar-refractivity contribution is -0.380. The van der Waals surface area contributed by atoms with Gasteiger partial charge in [0.15, 0.2) is 0 Å². The summed E-state index contributed by atoms with van der Waals surface area (Å²) in [7, 11) is 0. The Labute approximate surface area is 112 Å². The van der Waals surface area contributed by atoms with E-state index in [2.05, 4.69) is 15.6 Å². The van der Waals surface area contributed by atoms with Gasteiger partial charge < -0.3 is 10.6 Å². The van der Waals surface area contributed by atoms with Crippen LogP contribution in [0.25, 0.3) is 0 Å². The zero-order valence-corrected chi connectivity index (χ0v) is 10.5. The maximum absolute atomic E-state index is 11.6. The number of hydrogen-bond donors (Lipinski definition) is 2. The Bertz CT molecular complexity index is 585. The molecule has 0 unspecified atom stereocenters. The topological polar surface area (TPSA) is 97.2 Å². The molecule has 0 saturated heterocycles. The maximum atomic E-state index is 11.6. The second-order valence-electron chi connectivity index (χ2n) is 3.60. The molecule has 19 heavy (non-hydrogen) atoms. The first-order valence-corrected chi connectivity index (χ1v) is 6.20. The van der Waals surface area contributed by atoms with Gasteiger partial charge in [-0.2, -0.15) is 0 Å². The first-order valence-electron chi connectivity index (χ1n) is 5.32. The molecule has 0 aromatic carbocycles. The largest absolute Gasteiger partial charge is 0.334 e. The number of nitrogens with one attached hydrogen (secondary N) is 2. The molecular weight excluding hydrogens is 268 g/mol. The number of nitro groups is 1. The van der Waals surface area contributed by atoms with Gasteiger partial charge in [0.1, 0.15) is 0 Å². The van der Waals surface area contributed by atoms with E-state index in [1.807, 2.05) is 6.07 Å². The zero-order valence-electron chi connectivity index (χ0n) is 9.70. The number of rotatable bonds is 4. The van der Waals surface area contributed by atoms with Gasteiger partial charge in [0.2, 0.25) is 0 Å². The standard InChI is InChI=1S/C11H10N4O3S/c16-11(13-6-8-2-1-3-12-5-8)14-9-4-10(15(17)18)19-7-9/h1-5,7H,6H2,(H2,13,14,16). The Balaban J connectivity index is 1.85. The summed E-state index contributed by atoms with van der Waals surface area (Å²) in [6, 6.07) is 4.50. The van der Waals surface area contributed by atoms with Crippen LogP contribution >= 0.6 is 11.3 Å². The molecule has 7 nitrogen and oxygen atoms in total. The summed E-state index contributed by atoms with van der Waals surface area (Å²) in [6.45, 7) is 0.339. The zero-order chi connectivity index (χ0) is 13.7. The highest BCUT2D eigenvalue weighted by Crippen LogP contribution is 2.25. The van der Waals surface area contributed by atoms with Crippen LogP contribution in [0.5, 0.6) is 0 Å². The summed E-state index contributed by atoms with van der Waals surface area (Å²) in [4.78, 5) is 25.5. The van der Waals surface area contributed by atoms with Gasteiger partial charge in [-0.15, -0.1) is 0 Å². The van der Waals surface area contributed by atoms with E-state index < -0.39 is 11.0 Å². The van der Waals surface area contributed by atoms with Gasteiger partial charge in [0, 0.05) is 24.3 Å². The lowest BCUT2D eigenvalue weighted by Crippen LogP contribution is -2.27. The van der Waals surface area contributed by atoms with Gasteiger partial charge in [0.25, 0.3) is 0 Å². The molecule has 0 radical (unpaired) electrons. The van der Waals surface area contributed by atoms with E-state index in [1.165, 1.54) is 11.4 Å². The number of amides is 2. The quantitative estimate of drug-likeness (QED) is 0.662. The van der Waals surface area contributed by atoms with E-state index in [0.29, 0.717) is 12.2 Å². The lowest BCUT2D eigenvalue weighted by Gasteiger charge is -2.05. The summed E-state index contributed by atoms with van der Waals surface area (Å²) in [5.74, 6) is 0. The molecule has 0 spiro atoms. The third-order valence-electron chi connectivity index (χ3n) is 2.20. The fourth-order valence-corrected chi connectivity index (χ4v) is 2.00. The Morgan fingerprint density at radius 3 is 3.00 bits per heavy atom. The van der Waals surface area contributed by atoms with Gasteiger partial charge in [-0.1, -0.05) is 17.4 Å². The van der Waals surface area contributed by atoms with Crippen molar-refractivity contribution in [3.8, 4) is 0 Å². The number of carbonyl (C=O) groups is 1. The highest BCUT2D eigenvalue weighted by molar-refractivity contribution is 7.13. The van der Waals surface area contributed by atoms with Crippen LogP contribution < -0.4 is 10.6 Å². The Hall–Kier alpha value is -2.48. The molecule has 98 valence electrons. The summed E-state index contributed by atoms with van der Waals surface area (Å²) in [6.07, 6.45) is 3.30. The number of anilines is 1. The van der Waals surface area contributed by atoms with Crippen molar-refractivity contribution in [3.05, 3.63) is 51.7 Å². The van der Waals surface area contributed by atoms with Crippen LogP contribution in [0.1, 0.15) is 5.56 Å². The van der Waals surface area contributed by atoms with Crippen molar-refractivity contribution in [3.63, 3.8) is 0 Å². The fourth-order valence-electron chi connectivity index (χ4n) is 1.35. The van der Waals surface area contributed by atoms with Gasteiger partial charge in [-0.3, -0.25) is 15.1 Å². The average molecular weight is 278 g/mol. The first-order chi connectivity index (χ1) is 9.15. The Morgan fingerprint density at radius 1 is 1.53 bits per heavy atom. The minimum absolute atomic E-state index is 0.0115. The van der Waals surface area contributed by atoms with E-state index >= 15 is 0 Å². The number of hydrogen-bond acceptors (Lipinski definition) is 5. The molecule has 0 saturated carbocycles. The van der Waals surface area contributed by atoms with E-state index in [1.54, 1.807) is 18.5 Å². The van der Waals surface area contributed by atoms with Crippen molar-refractivity contribution in [2.45, 2.75) is 6.54 Å². The van der Waals surface area contributed by atoms with Crippen LogP contribution in [0.2, 0.25) is 0 Å². The second-order valence-corrected chi connectivity index (χ2v) is 4.49.